The predicted octanol–water partition coefficient (Wildman–Crippen LogP) is 2.27. The summed E-state index contributed by atoms with van der Waals surface area (Å²) in [6.45, 7) is 1.77. The topological polar surface area (TPSA) is 65.2 Å². The summed E-state index contributed by atoms with van der Waals surface area (Å²) in [5.74, 6) is -0.124. The van der Waals surface area contributed by atoms with Crippen molar-refractivity contribution in [3.63, 3.8) is 0 Å². The lowest BCUT2D eigenvalue weighted by molar-refractivity contribution is -0.173. The van der Waals surface area contributed by atoms with Crippen molar-refractivity contribution >= 4 is 5.78 Å². The van der Waals surface area contributed by atoms with Crippen molar-refractivity contribution in [2.24, 2.45) is 0 Å². The lowest BCUT2D eigenvalue weighted by atomic mass is 10.0. The number of aromatic nitrogens is 2. The number of alkyl halides is 3. The van der Waals surface area contributed by atoms with Crippen LogP contribution < -0.4 is 0 Å². The Morgan fingerprint density at radius 1 is 1.47 bits per heavy atom. The SMILES string of the molecule is CCC(C(C)=O)c1nc(CCOCC(F)(F)F)no1. The Kier molecular flexibility index (Phi) is 5.46. The van der Waals surface area contributed by atoms with Crippen LogP contribution in [0, 0.1) is 0 Å². The number of hydrogen-bond acceptors (Lipinski definition) is 5. The van der Waals surface area contributed by atoms with Crippen LogP contribution >= 0.6 is 0 Å². The largest absolute Gasteiger partial charge is 0.411 e. The molecule has 1 atom stereocenters. The molecule has 0 amide bonds. The van der Waals surface area contributed by atoms with Crippen LogP contribution in [-0.4, -0.2) is 35.3 Å². The van der Waals surface area contributed by atoms with Crippen LogP contribution in [0.4, 0.5) is 13.2 Å². The third-order valence-electron chi connectivity index (χ3n) is 2.42. The Morgan fingerprint density at radius 2 is 2.16 bits per heavy atom. The number of hydrogen-bond donors (Lipinski definition) is 0. The maximum absolute atomic E-state index is 11.8. The van der Waals surface area contributed by atoms with Crippen molar-refractivity contribution in [2.75, 3.05) is 13.2 Å². The molecule has 8 heteroatoms. The van der Waals surface area contributed by atoms with Crippen LogP contribution in [0.1, 0.15) is 37.9 Å². The molecule has 0 aliphatic carbocycles. The van der Waals surface area contributed by atoms with E-state index in [0.29, 0.717) is 6.42 Å². The van der Waals surface area contributed by atoms with Gasteiger partial charge in [0.2, 0.25) is 5.89 Å². The summed E-state index contributed by atoms with van der Waals surface area (Å²) in [6, 6.07) is 0. The Labute approximate surface area is 108 Å². The summed E-state index contributed by atoms with van der Waals surface area (Å²) in [5.41, 5.74) is 0. The van der Waals surface area contributed by atoms with Gasteiger partial charge in [-0.15, -0.1) is 0 Å². The highest BCUT2D eigenvalue weighted by molar-refractivity contribution is 5.82. The van der Waals surface area contributed by atoms with Crippen LogP contribution in [-0.2, 0) is 16.0 Å². The lowest BCUT2D eigenvalue weighted by Crippen LogP contribution is -2.18. The number of ether oxygens (including phenoxy) is 1. The van der Waals surface area contributed by atoms with Gasteiger partial charge < -0.3 is 9.26 Å². The molecule has 0 spiro atoms. The quantitative estimate of drug-likeness (QED) is 0.717. The molecule has 0 aromatic carbocycles. The Morgan fingerprint density at radius 3 is 2.68 bits per heavy atom. The van der Waals surface area contributed by atoms with Gasteiger partial charge in [-0.3, -0.25) is 4.79 Å². The minimum Gasteiger partial charge on any atom is -0.372 e. The molecule has 0 bridgehead atoms. The van der Waals surface area contributed by atoms with E-state index in [1.807, 2.05) is 6.92 Å². The fourth-order valence-corrected chi connectivity index (χ4v) is 1.50. The van der Waals surface area contributed by atoms with Gasteiger partial charge in [0.15, 0.2) is 5.82 Å². The Balaban J connectivity index is 2.45. The van der Waals surface area contributed by atoms with Crippen LogP contribution in [0.5, 0.6) is 0 Å². The summed E-state index contributed by atoms with van der Waals surface area (Å²) < 4.78 is 44.8. The minimum absolute atomic E-state index is 0.0916. The molecule has 1 aromatic heterocycles. The summed E-state index contributed by atoms with van der Waals surface area (Å²) in [4.78, 5) is 15.3. The molecule has 5 nitrogen and oxygen atoms in total. The molecule has 1 aromatic rings. The van der Waals surface area contributed by atoms with E-state index in [2.05, 4.69) is 14.9 Å². The van der Waals surface area contributed by atoms with E-state index < -0.39 is 18.7 Å². The highest BCUT2D eigenvalue weighted by Crippen LogP contribution is 2.18. The number of rotatable bonds is 7. The van der Waals surface area contributed by atoms with Gasteiger partial charge in [-0.1, -0.05) is 12.1 Å². The fourth-order valence-electron chi connectivity index (χ4n) is 1.50. The van der Waals surface area contributed by atoms with Crippen LogP contribution in [0.2, 0.25) is 0 Å². The highest BCUT2D eigenvalue weighted by atomic mass is 19.4. The van der Waals surface area contributed by atoms with Crippen LogP contribution in [0.3, 0.4) is 0 Å². The summed E-state index contributed by atoms with van der Waals surface area (Å²) in [6.07, 6.45) is -3.71. The van der Waals surface area contributed by atoms with Crippen LogP contribution in [0.25, 0.3) is 0 Å². The molecule has 0 aliphatic rings. The molecule has 0 N–H and O–H groups in total. The van der Waals surface area contributed by atoms with E-state index in [-0.39, 0.29) is 30.5 Å². The van der Waals surface area contributed by atoms with Crippen molar-refractivity contribution in [2.45, 2.75) is 38.8 Å². The minimum atomic E-state index is -4.34. The number of halogens is 3. The van der Waals surface area contributed by atoms with Gasteiger partial charge in [-0.2, -0.15) is 18.2 Å². The smallest absolute Gasteiger partial charge is 0.372 e. The summed E-state index contributed by atoms with van der Waals surface area (Å²) >= 11 is 0. The summed E-state index contributed by atoms with van der Waals surface area (Å²) in [5, 5.41) is 3.60. The van der Waals surface area contributed by atoms with Gasteiger partial charge in [0.05, 0.1) is 12.5 Å². The number of carbonyl (C=O) groups is 1. The van der Waals surface area contributed by atoms with E-state index in [4.69, 9.17) is 4.52 Å². The first-order valence-corrected chi connectivity index (χ1v) is 5.81. The molecular formula is C11H15F3N2O3. The number of ketones is 1. The Hall–Kier alpha value is -1.44. The third-order valence-corrected chi connectivity index (χ3v) is 2.42. The van der Waals surface area contributed by atoms with Gasteiger partial charge in [0, 0.05) is 6.42 Å². The molecular weight excluding hydrogens is 265 g/mol. The number of Topliss-reactive ketones (excluding diaryl/α,β-unsaturated/α-hetero) is 1. The second-order valence-corrected chi connectivity index (χ2v) is 4.04. The maximum atomic E-state index is 11.8. The number of nitrogens with zero attached hydrogens (tertiary/aromatic N) is 2. The first-order chi connectivity index (χ1) is 8.83. The third kappa shape index (κ3) is 5.37. The monoisotopic (exact) mass is 280 g/mol. The van der Waals surface area contributed by atoms with Gasteiger partial charge in [0.25, 0.3) is 0 Å². The highest BCUT2D eigenvalue weighted by Gasteiger charge is 2.27. The van der Waals surface area contributed by atoms with Crippen molar-refractivity contribution in [3.05, 3.63) is 11.7 Å². The number of carbonyl (C=O) groups excluding carboxylic acids is 1. The van der Waals surface area contributed by atoms with Crippen molar-refractivity contribution < 1.29 is 27.2 Å². The first kappa shape index (κ1) is 15.6. The van der Waals surface area contributed by atoms with Crippen molar-refractivity contribution in [3.8, 4) is 0 Å². The molecule has 0 fully saturated rings. The molecule has 0 saturated heterocycles. The van der Waals surface area contributed by atoms with Gasteiger partial charge in [0.1, 0.15) is 12.4 Å². The summed E-state index contributed by atoms with van der Waals surface area (Å²) in [7, 11) is 0. The molecule has 0 saturated carbocycles. The van der Waals surface area contributed by atoms with Gasteiger partial charge >= 0.3 is 6.18 Å². The first-order valence-electron chi connectivity index (χ1n) is 5.81. The molecule has 19 heavy (non-hydrogen) atoms. The zero-order chi connectivity index (χ0) is 14.5. The predicted molar refractivity (Wildman–Crippen MR) is 58.6 cm³/mol. The average molecular weight is 280 g/mol. The lowest BCUT2D eigenvalue weighted by Gasteiger charge is -2.05. The zero-order valence-electron chi connectivity index (χ0n) is 10.7. The van der Waals surface area contributed by atoms with Crippen molar-refractivity contribution in [1.29, 1.82) is 0 Å². The molecule has 1 unspecified atom stereocenters. The van der Waals surface area contributed by atoms with E-state index >= 15 is 0 Å². The van der Waals surface area contributed by atoms with E-state index in [0.717, 1.165) is 0 Å². The van der Waals surface area contributed by atoms with Crippen molar-refractivity contribution in [1.82, 2.24) is 10.1 Å². The normalized spacial score (nSPS) is 13.5. The zero-order valence-corrected chi connectivity index (χ0v) is 10.7. The molecule has 1 rings (SSSR count). The van der Waals surface area contributed by atoms with E-state index in [1.165, 1.54) is 6.92 Å². The van der Waals surface area contributed by atoms with Gasteiger partial charge in [-0.25, -0.2) is 0 Å². The Bertz CT molecular complexity index is 418. The second kappa shape index (κ2) is 6.65. The standard InChI is InChI=1S/C11H15F3N2O3/c1-3-8(7(2)17)10-15-9(16-19-10)4-5-18-6-11(12,13)14/h8H,3-6H2,1-2H3. The molecule has 0 aliphatic heterocycles. The second-order valence-electron chi connectivity index (χ2n) is 4.04. The maximum Gasteiger partial charge on any atom is 0.411 e. The van der Waals surface area contributed by atoms with E-state index in [1.54, 1.807) is 0 Å². The molecule has 108 valence electrons. The van der Waals surface area contributed by atoms with Crippen LogP contribution in [0.15, 0.2) is 4.52 Å². The average Bonchev–Trinajstić information content (AvgIpc) is 2.72. The molecule has 1 heterocycles. The fraction of sp³-hybridized carbons (Fsp3) is 0.727. The van der Waals surface area contributed by atoms with E-state index in [9.17, 15) is 18.0 Å². The van der Waals surface area contributed by atoms with Gasteiger partial charge in [-0.05, 0) is 13.3 Å². The molecule has 0 radical (unpaired) electrons.